The number of hydrogen-bond donors (Lipinski definition) is 4. The highest BCUT2D eigenvalue weighted by Crippen LogP contribution is 2.36. The van der Waals surface area contributed by atoms with Gasteiger partial charge >= 0.3 is 12.0 Å². The quantitative estimate of drug-likeness (QED) is 0.381. The molecule has 1 fully saturated rings. The number of anilines is 3. The molecule has 194 valence electrons. The molecular weight excluding hydrogens is 474 g/mol. The second-order valence-electron chi connectivity index (χ2n) is 9.26. The molecule has 0 aromatic carbocycles. The molecule has 4 N–H and O–H groups in total. The number of imidazole rings is 1. The Morgan fingerprint density at radius 2 is 1.89 bits per heavy atom. The predicted octanol–water partition coefficient (Wildman–Crippen LogP) is 2.85. The van der Waals surface area contributed by atoms with E-state index in [1.165, 1.54) is 0 Å². The van der Waals surface area contributed by atoms with E-state index in [0.29, 0.717) is 62.9 Å². The summed E-state index contributed by atoms with van der Waals surface area (Å²) in [5.41, 5.74) is 4.98. The number of piperidine rings is 1. The Labute approximate surface area is 214 Å². The first kappa shape index (κ1) is 24.5. The van der Waals surface area contributed by atoms with E-state index in [2.05, 4.69) is 31.0 Å². The molecule has 2 amide bonds. The van der Waals surface area contributed by atoms with E-state index in [0.717, 1.165) is 16.9 Å². The van der Waals surface area contributed by atoms with Crippen molar-refractivity contribution in [2.24, 2.45) is 5.41 Å². The minimum Gasteiger partial charge on any atom is -0.481 e. The molecule has 3 aromatic heterocycles. The van der Waals surface area contributed by atoms with Gasteiger partial charge in [0.2, 0.25) is 5.95 Å². The molecule has 3 aromatic rings. The van der Waals surface area contributed by atoms with Gasteiger partial charge in [-0.2, -0.15) is 0 Å². The molecule has 0 spiro atoms. The molecule has 0 atom stereocenters. The highest BCUT2D eigenvalue weighted by atomic mass is 16.4. The van der Waals surface area contributed by atoms with Crippen molar-refractivity contribution in [1.29, 1.82) is 0 Å². The Morgan fingerprint density at radius 1 is 1.14 bits per heavy atom. The number of nitrogens with zero attached hydrogens (tertiary/aromatic N) is 6. The van der Waals surface area contributed by atoms with Crippen LogP contribution in [0.15, 0.2) is 43.0 Å². The number of nitrogens with one attached hydrogen (secondary N) is 3. The number of hydrogen-bond acceptors (Lipinski definition) is 8. The first-order valence-electron chi connectivity index (χ1n) is 12.5. The summed E-state index contributed by atoms with van der Waals surface area (Å²) < 4.78 is 1.90. The number of fused-ring (bicyclic) bond motifs is 1. The molecule has 0 bridgehead atoms. The maximum absolute atomic E-state index is 12.0. The second kappa shape index (κ2) is 10.1. The molecule has 37 heavy (non-hydrogen) atoms. The van der Waals surface area contributed by atoms with Crippen LogP contribution in [0.5, 0.6) is 0 Å². The number of carboxylic acid groups (broad SMARTS) is 1. The Balaban J connectivity index is 1.41. The lowest BCUT2D eigenvalue weighted by Crippen LogP contribution is -2.44. The largest absolute Gasteiger partial charge is 0.481 e. The number of carboxylic acids is 1. The third-order valence-corrected chi connectivity index (χ3v) is 7.11. The van der Waals surface area contributed by atoms with Crippen LogP contribution in [0, 0.1) is 5.41 Å². The lowest BCUT2D eigenvalue weighted by Gasteiger charge is -2.38. The molecule has 5 heterocycles. The van der Waals surface area contributed by atoms with Gasteiger partial charge in [0.15, 0.2) is 5.82 Å². The van der Waals surface area contributed by atoms with Gasteiger partial charge in [-0.25, -0.2) is 25.2 Å². The lowest BCUT2D eigenvalue weighted by atomic mass is 9.76. The highest BCUT2D eigenvalue weighted by molar-refractivity contribution is 5.88. The number of hydrazine groups is 1. The number of carbonyl (C=O) groups excluding carboxylic acids is 1. The Morgan fingerprint density at radius 3 is 2.51 bits per heavy atom. The number of amides is 2. The Kier molecular flexibility index (Phi) is 6.66. The number of urea groups is 1. The van der Waals surface area contributed by atoms with Crippen LogP contribution in [0.25, 0.3) is 16.8 Å². The van der Waals surface area contributed by atoms with Crippen molar-refractivity contribution in [2.75, 3.05) is 41.4 Å². The van der Waals surface area contributed by atoms with Gasteiger partial charge in [-0.15, -0.1) is 0 Å². The molecule has 1 saturated heterocycles. The zero-order chi connectivity index (χ0) is 26.0. The molecule has 2 aliphatic rings. The lowest BCUT2D eigenvalue weighted by molar-refractivity contribution is -0.150. The Bertz CT molecular complexity index is 1330. The van der Waals surface area contributed by atoms with Crippen molar-refractivity contribution < 1.29 is 14.7 Å². The summed E-state index contributed by atoms with van der Waals surface area (Å²) in [4.78, 5) is 39.6. The van der Waals surface area contributed by atoms with Gasteiger partial charge in [0.05, 0.1) is 11.6 Å². The molecule has 0 radical (unpaired) electrons. The van der Waals surface area contributed by atoms with Crippen molar-refractivity contribution >= 4 is 35.2 Å². The van der Waals surface area contributed by atoms with Gasteiger partial charge in [-0.05, 0) is 43.9 Å². The van der Waals surface area contributed by atoms with E-state index in [4.69, 9.17) is 0 Å². The van der Waals surface area contributed by atoms with Gasteiger partial charge in [-0.1, -0.05) is 13.0 Å². The second-order valence-corrected chi connectivity index (χ2v) is 9.26. The normalized spacial score (nSPS) is 16.8. The van der Waals surface area contributed by atoms with Gasteiger partial charge in [0.25, 0.3) is 0 Å². The maximum atomic E-state index is 12.0. The molecule has 0 saturated carbocycles. The zero-order valence-electron chi connectivity index (χ0n) is 20.9. The van der Waals surface area contributed by atoms with Crippen LogP contribution in [0.3, 0.4) is 0 Å². The maximum Gasteiger partial charge on any atom is 0.320 e. The highest BCUT2D eigenvalue weighted by Gasteiger charge is 2.40. The predicted molar refractivity (Wildman–Crippen MR) is 140 cm³/mol. The van der Waals surface area contributed by atoms with Crippen LogP contribution >= 0.6 is 0 Å². The van der Waals surface area contributed by atoms with E-state index in [-0.39, 0.29) is 6.03 Å². The van der Waals surface area contributed by atoms with Gasteiger partial charge < -0.3 is 15.3 Å². The first-order valence-corrected chi connectivity index (χ1v) is 12.5. The molecule has 12 heteroatoms. The standard InChI is InChI=1S/C25H31N9O3/c1-3-25(22(35)36)6-10-32(11-7-25)23-27-14-18(15-28-23)17-12-20-30-19(31-24(37)26-4-2)16-33(20)21(13-17)34-9-5-8-29-34/h5,9,12-16,29H,3-4,6-8,10-11H2,1-2H3,(H,35,36)(H2,26,31,37). The van der Waals surface area contributed by atoms with Crippen LogP contribution < -0.4 is 26.0 Å². The average molecular weight is 506 g/mol. The summed E-state index contributed by atoms with van der Waals surface area (Å²) in [5, 5.41) is 17.0. The summed E-state index contributed by atoms with van der Waals surface area (Å²) in [7, 11) is 0. The van der Waals surface area contributed by atoms with Crippen molar-refractivity contribution in [2.45, 2.75) is 33.1 Å². The van der Waals surface area contributed by atoms with E-state index in [9.17, 15) is 14.7 Å². The van der Waals surface area contributed by atoms with E-state index in [1.54, 1.807) is 18.6 Å². The van der Waals surface area contributed by atoms with Crippen LogP contribution in [0.1, 0.15) is 33.1 Å². The monoisotopic (exact) mass is 505 g/mol. The van der Waals surface area contributed by atoms with Gasteiger partial charge in [0, 0.05) is 50.3 Å². The molecular formula is C25H31N9O3. The summed E-state index contributed by atoms with van der Waals surface area (Å²) in [5.74, 6) is 1.14. The molecule has 5 rings (SSSR count). The molecule has 0 unspecified atom stereocenters. The molecule has 2 aliphatic heterocycles. The number of aliphatic carboxylic acids is 1. The van der Waals surface area contributed by atoms with E-state index >= 15 is 0 Å². The Hall–Kier alpha value is -4.19. The third-order valence-electron chi connectivity index (χ3n) is 7.11. The fourth-order valence-electron chi connectivity index (χ4n) is 4.81. The van der Waals surface area contributed by atoms with Gasteiger partial charge in [-0.3, -0.25) is 19.5 Å². The topological polar surface area (TPSA) is 140 Å². The number of rotatable bonds is 7. The third kappa shape index (κ3) is 4.79. The number of carbonyl (C=O) groups is 2. The van der Waals surface area contributed by atoms with Crippen molar-refractivity contribution in [3.8, 4) is 11.1 Å². The molecule has 12 nitrogen and oxygen atoms in total. The van der Waals surface area contributed by atoms with Crippen molar-refractivity contribution in [3.05, 3.63) is 43.0 Å². The summed E-state index contributed by atoms with van der Waals surface area (Å²) in [6.07, 6.45) is 11.1. The minimum absolute atomic E-state index is 0.312. The number of pyridine rings is 1. The van der Waals surface area contributed by atoms with E-state index < -0.39 is 11.4 Å². The SMILES string of the molecule is CCNC(=O)Nc1cn2c(N3C=CCN3)cc(-c3cnc(N4CCC(CC)(C(=O)O)CC4)nc3)cc2n1. The summed E-state index contributed by atoms with van der Waals surface area (Å²) in [6.45, 7) is 6.23. The van der Waals surface area contributed by atoms with Crippen LogP contribution in [0.4, 0.5) is 22.4 Å². The van der Waals surface area contributed by atoms with Crippen LogP contribution in [-0.2, 0) is 4.79 Å². The van der Waals surface area contributed by atoms with Crippen molar-refractivity contribution in [3.63, 3.8) is 0 Å². The summed E-state index contributed by atoms with van der Waals surface area (Å²) in [6, 6.07) is 3.62. The average Bonchev–Trinajstić information content (AvgIpc) is 3.58. The minimum atomic E-state index is -0.720. The zero-order valence-corrected chi connectivity index (χ0v) is 20.9. The van der Waals surface area contributed by atoms with E-state index in [1.807, 2.05) is 52.6 Å². The fourth-order valence-corrected chi connectivity index (χ4v) is 4.81. The molecule has 0 aliphatic carbocycles. The van der Waals surface area contributed by atoms with Crippen LogP contribution in [-0.4, -0.2) is 62.6 Å². The fraction of sp³-hybridized carbons (Fsp3) is 0.400. The first-order chi connectivity index (χ1) is 17.9. The number of aromatic nitrogens is 4. The summed E-state index contributed by atoms with van der Waals surface area (Å²) >= 11 is 0. The van der Waals surface area contributed by atoms with Gasteiger partial charge in [0.1, 0.15) is 11.5 Å². The van der Waals surface area contributed by atoms with Crippen molar-refractivity contribution in [1.82, 2.24) is 30.1 Å². The van der Waals surface area contributed by atoms with Crippen LogP contribution in [0.2, 0.25) is 0 Å². The smallest absolute Gasteiger partial charge is 0.320 e.